The number of nitrogens with zero attached hydrogens (tertiary/aromatic N) is 1. The molecule has 0 spiro atoms. The van der Waals surface area contributed by atoms with E-state index in [1.165, 1.54) is 0 Å². The molecule has 0 amide bonds. The number of halogens is 1. The lowest BCUT2D eigenvalue weighted by molar-refractivity contribution is 0.191. The highest BCUT2D eigenvalue weighted by Crippen LogP contribution is 2.32. The van der Waals surface area contributed by atoms with Gasteiger partial charge in [0.05, 0.1) is 16.4 Å². The molecule has 0 heterocycles. The van der Waals surface area contributed by atoms with Crippen molar-refractivity contribution in [2.75, 3.05) is 38.0 Å². The van der Waals surface area contributed by atoms with Crippen LogP contribution in [0.3, 0.4) is 0 Å². The van der Waals surface area contributed by atoms with Crippen molar-refractivity contribution in [3.8, 4) is 0 Å². The first-order chi connectivity index (χ1) is 8.06. The Morgan fingerprint density at radius 1 is 1.41 bits per heavy atom. The van der Waals surface area contributed by atoms with Crippen LogP contribution in [0.4, 0.5) is 11.4 Å². The van der Waals surface area contributed by atoms with Crippen LogP contribution in [0.25, 0.3) is 0 Å². The van der Waals surface area contributed by atoms with E-state index in [-0.39, 0.29) is 0 Å². The minimum atomic E-state index is 0.354. The lowest BCUT2D eigenvalue weighted by Crippen LogP contribution is -2.20. The summed E-state index contributed by atoms with van der Waals surface area (Å²) in [6.07, 6.45) is 0.968. The Labute approximate surface area is 109 Å². The highest BCUT2D eigenvalue weighted by Gasteiger charge is 2.10. The molecule has 4 heteroatoms. The number of nitrogens with one attached hydrogen (secondary N) is 1. The normalized spacial score (nSPS) is 12.3. The van der Waals surface area contributed by atoms with E-state index in [0.29, 0.717) is 6.04 Å². The molecule has 0 fully saturated rings. The maximum absolute atomic E-state index is 6.21. The monoisotopic (exact) mass is 256 g/mol. The second-order valence-electron chi connectivity index (χ2n) is 4.36. The predicted octanol–water partition coefficient (Wildman–Crippen LogP) is 3.24. The minimum Gasteiger partial charge on any atom is -0.385 e. The summed E-state index contributed by atoms with van der Waals surface area (Å²) in [6, 6.07) is 6.26. The van der Waals surface area contributed by atoms with Crippen LogP contribution >= 0.6 is 11.6 Å². The minimum absolute atomic E-state index is 0.354. The first-order valence-corrected chi connectivity index (χ1v) is 6.15. The molecule has 0 aromatic heterocycles. The molecule has 0 saturated carbocycles. The average Bonchev–Trinajstić information content (AvgIpc) is 2.25. The zero-order valence-electron chi connectivity index (χ0n) is 11.0. The Balaban J connectivity index is 2.79. The maximum atomic E-state index is 6.21. The number of para-hydroxylation sites is 1. The molecule has 1 rings (SSSR count). The molecular formula is C13H21ClN2O. The number of rotatable bonds is 6. The molecule has 1 unspecified atom stereocenters. The van der Waals surface area contributed by atoms with Crippen molar-refractivity contribution in [3.63, 3.8) is 0 Å². The molecule has 0 saturated heterocycles. The zero-order valence-corrected chi connectivity index (χ0v) is 11.7. The van der Waals surface area contributed by atoms with Crippen LogP contribution in [0.2, 0.25) is 5.02 Å². The smallest absolute Gasteiger partial charge is 0.0786 e. The van der Waals surface area contributed by atoms with Gasteiger partial charge in [-0.15, -0.1) is 0 Å². The van der Waals surface area contributed by atoms with Crippen molar-refractivity contribution in [2.45, 2.75) is 19.4 Å². The molecule has 17 heavy (non-hydrogen) atoms. The SMILES string of the molecule is COCCC(C)Nc1cccc(Cl)c1N(C)C. The first-order valence-electron chi connectivity index (χ1n) is 5.77. The van der Waals surface area contributed by atoms with Crippen molar-refractivity contribution in [3.05, 3.63) is 23.2 Å². The van der Waals surface area contributed by atoms with Gasteiger partial charge in [0.15, 0.2) is 0 Å². The standard InChI is InChI=1S/C13H21ClN2O/c1-10(8-9-17-4)15-12-7-5-6-11(14)13(12)16(2)3/h5-7,10,15H,8-9H2,1-4H3. The zero-order chi connectivity index (χ0) is 12.8. The third-order valence-corrected chi connectivity index (χ3v) is 2.90. The van der Waals surface area contributed by atoms with Gasteiger partial charge in [0.25, 0.3) is 0 Å². The van der Waals surface area contributed by atoms with Gasteiger partial charge in [0.1, 0.15) is 0 Å². The van der Waals surface area contributed by atoms with Crippen molar-refractivity contribution in [2.24, 2.45) is 0 Å². The fourth-order valence-corrected chi connectivity index (χ4v) is 2.06. The fraction of sp³-hybridized carbons (Fsp3) is 0.538. The summed E-state index contributed by atoms with van der Waals surface area (Å²) in [4.78, 5) is 2.02. The average molecular weight is 257 g/mol. The Morgan fingerprint density at radius 3 is 2.71 bits per heavy atom. The predicted molar refractivity (Wildman–Crippen MR) is 75.4 cm³/mol. The molecule has 1 aromatic rings. The Kier molecular flexibility index (Phi) is 5.59. The van der Waals surface area contributed by atoms with Crippen LogP contribution in [0, 0.1) is 0 Å². The summed E-state index contributed by atoms with van der Waals surface area (Å²) >= 11 is 6.21. The van der Waals surface area contributed by atoms with Gasteiger partial charge >= 0.3 is 0 Å². The maximum Gasteiger partial charge on any atom is 0.0786 e. The van der Waals surface area contributed by atoms with Gasteiger partial charge in [-0.3, -0.25) is 0 Å². The van der Waals surface area contributed by atoms with Crippen LogP contribution in [0.1, 0.15) is 13.3 Å². The van der Waals surface area contributed by atoms with E-state index in [1.54, 1.807) is 7.11 Å². The van der Waals surface area contributed by atoms with E-state index in [1.807, 2.05) is 37.2 Å². The molecule has 1 atom stereocenters. The fourth-order valence-electron chi connectivity index (χ4n) is 1.72. The highest BCUT2D eigenvalue weighted by molar-refractivity contribution is 6.34. The van der Waals surface area contributed by atoms with Gasteiger partial charge in [-0.1, -0.05) is 17.7 Å². The number of hydrogen-bond donors (Lipinski definition) is 1. The van der Waals surface area contributed by atoms with Crippen LogP contribution < -0.4 is 10.2 Å². The molecular weight excluding hydrogens is 236 g/mol. The molecule has 1 aromatic carbocycles. The second kappa shape index (κ2) is 6.72. The van der Waals surface area contributed by atoms with E-state index in [0.717, 1.165) is 29.4 Å². The lowest BCUT2D eigenvalue weighted by atomic mass is 10.2. The quantitative estimate of drug-likeness (QED) is 0.846. The van der Waals surface area contributed by atoms with Crippen molar-refractivity contribution < 1.29 is 4.74 Å². The molecule has 96 valence electrons. The summed E-state index contributed by atoms with van der Waals surface area (Å²) in [5.74, 6) is 0. The largest absolute Gasteiger partial charge is 0.385 e. The van der Waals surface area contributed by atoms with Crippen LogP contribution in [0.5, 0.6) is 0 Å². The lowest BCUT2D eigenvalue weighted by Gasteiger charge is -2.22. The van der Waals surface area contributed by atoms with Crippen molar-refractivity contribution in [1.29, 1.82) is 0 Å². The van der Waals surface area contributed by atoms with Crippen LogP contribution in [-0.2, 0) is 4.74 Å². The number of ether oxygens (including phenoxy) is 1. The summed E-state index contributed by atoms with van der Waals surface area (Å²) in [6.45, 7) is 2.89. The molecule has 0 radical (unpaired) electrons. The second-order valence-corrected chi connectivity index (χ2v) is 4.76. The summed E-state index contributed by atoms with van der Waals surface area (Å²) in [7, 11) is 5.70. The van der Waals surface area contributed by atoms with Gasteiger partial charge in [-0.2, -0.15) is 0 Å². The number of hydrogen-bond acceptors (Lipinski definition) is 3. The van der Waals surface area contributed by atoms with Crippen LogP contribution in [0.15, 0.2) is 18.2 Å². The molecule has 0 aliphatic rings. The van der Waals surface area contributed by atoms with Crippen LogP contribution in [-0.4, -0.2) is 33.9 Å². The number of methoxy groups -OCH3 is 1. The van der Waals surface area contributed by atoms with Gasteiger partial charge in [0.2, 0.25) is 0 Å². The third-order valence-electron chi connectivity index (χ3n) is 2.59. The van der Waals surface area contributed by atoms with Gasteiger partial charge in [-0.05, 0) is 25.5 Å². The van der Waals surface area contributed by atoms with E-state index in [9.17, 15) is 0 Å². The Bertz CT molecular complexity index is 355. The van der Waals surface area contributed by atoms with Gasteiger partial charge < -0.3 is 15.0 Å². The molecule has 0 aliphatic carbocycles. The molecule has 3 nitrogen and oxygen atoms in total. The number of anilines is 2. The van der Waals surface area contributed by atoms with E-state index >= 15 is 0 Å². The summed E-state index contributed by atoms with van der Waals surface area (Å²) in [5.41, 5.74) is 2.09. The van der Waals surface area contributed by atoms with Gasteiger partial charge in [-0.25, -0.2) is 0 Å². The topological polar surface area (TPSA) is 24.5 Å². The molecule has 1 N–H and O–H groups in total. The van der Waals surface area contributed by atoms with E-state index in [4.69, 9.17) is 16.3 Å². The van der Waals surface area contributed by atoms with Crippen molar-refractivity contribution >= 4 is 23.0 Å². The summed E-state index contributed by atoms with van der Waals surface area (Å²) < 4.78 is 5.08. The third kappa shape index (κ3) is 4.10. The van der Waals surface area contributed by atoms with Gasteiger partial charge in [0, 0.05) is 33.9 Å². The highest BCUT2D eigenvalue weighted by atomic mass is 35.5. The van der Waals surface area contributed by atoms with E-state index < -0.39 is 0 Å². The van der Waals surface area contributed by atoms with Crippen molar-refractivity contribution in [1.82, 2.24) is 0 Å². The Hall–Kier alpha value is -0.930. The number of benzene rings is 1. The summed E-state index contributed by atoms with van der Waals surface area (Å²) in [5, 5.41) is 4.22. The first kappa shape index (κ1) is 14.1. The molecule has 0 bridgehead atoms. The molecule has 0 aliphatic heterocycles. The van der Waals surface area contributed by atoms with E-state index in [2.05, 4.69) is 12.2 Å². The Morgan fingerprint density at radius 2 is 2.12 bits per heavy atom.